The van der Waals surface area contributed by atoms with Crippen LogP contribution in [0.5, 0.6) is 0 Å². The van der Waals surface area contributed by atoms with E-state index in [-0.39, 0.29) is 0 Å². The number of nitrogens with zero attached hydrogens (tertiary/aromatic N) is 2. The molecule has 0 saturated carbocycles. The van der Waals surface area contributed by atoms with Crippen molar-refractivity contribution in [3.05, 3.63) is 0 Å². The van der Waals surface area contributed by atoms with Gasteiger partial charge in [0.1, 0.15) is 0 Å². The van der Waals surface area contributed by atoms with Crippen molar-refractivity contribution in [2.75, 3.05) is 39.8 Å². The quantitative estimate of drug-likeness (QED) is 0.746. The molecule has 2 aliphatic rings. The van der Waals surface area contributed by atoms with Gasteiger partial charge in [0, 0.05) is 13.1 Å². The Hall–Kier alpha value is -0.0800. The molecule has 2 heteroatoms. The number of hydrogen-bond acceptors (Lipinski definition) is 2. The summed E-state index contributed by atoms with van der Waals surface area (Å²) in [5.74, 6) is 2.85. The van der Waals surface area contributed by atoms with Crippen LogP contribution in [0.25, 0.3) is 0 Å². The summed E-state index contributed by atoms with van der Waals surface area (Å²) >= 11 is 0. The van der Waals surface area contributed by atoms with E-state index in [0.717, 1.165) is 17.8 Å². The highest BCUT2D eigenvalue weighted by atomic mass is 15.1. The minimum Gasteiger partial charge on any atom is -0.306 e. The van der Waals surface area contributed by atoms with Gasteiger partial charge in [-0.15, -0.1) is 0 Å². The second kappa shape index (κ2) is 6.19. The van der Waals surface area contributed by atoms with Gasteiger partial charge in [0.25, 0.3) is 0 Å². The lowest BCUT2D eigenvalue weighted by Gasteiger charge is -2.39. The zero-order chi connectivity index (χ0) is 12.3. The molecular weight excluding hydrogens is 208 g/mol. The topological polar surface area (TPSA) is 6.48 Å². The Morgan fingerprint density at radius 2 is 1.76 bits per heavy atom. The van der Waals surface area contributed by atoms with E-state index in [1.54, 1.807) is 0 Å². The van der Waals surface area contributed by atoms with Crippen LogP contribution in [0, 0.1) is 17.8 Å². The van der Waals surface area contributed by atoms with Crippen LogP contribution in [0.3, 0.4) is 0 Å². The molecular formula is C15H30N2. The second-order valence-electron chi connectivity index (χ2n) is 6.44. The minimum atomic E-state index is 0.887. The molecule has 100 valence electrons. The van der Waals surface area contributed by atoms with Gasteiger partial charge in [0.2, 0.25) is 0 Å². The lowest BCUT2D eigenvalue weighted by atomic mass is 9.85. The van der Waals surface area contributed by atoms with Gasteiger partial charge in [0.05, 0.1) is 0 Å². The average molecular weight is 238 g/mol. The molecule has 0 spiro atoms. The first kappa shape index (κ1) is 13.4. The number of likely N-dealkylation sites (tertiary alicyclic amines) is 2. The molecule has 2 rings (SSSR count). The Kier molecular flexibility index (Phi) is 4.87. The monoisotopic (exact) mass is 238 g/mol. The van der Waals surface area contributed by atoms with E-state index in [1.165, 1.54) is 58.4 Å². The molecule has 0 aromatic carbocycles. The predicted octanol–water partition coefficient (Wildman–Crippen LogP) is 2.70. The highest BCUT2D eigenvalue weighted by Gasteiger charge is 2.27. The van der Waals surface area contributed by atoms with Crippen LogP contribution in [-0.4, -0.2) is 49.6 Å². The molecule has 17 heavy (non-hydrogen) atoms. The molecule has 2 fully saturated rings. The normalized spacial score (nSPS) is 34.1. The first-order chi connectivity index (χ1) is 8.19. The molecule has 0 unspecified atom stereocenters. The van der Waals surface area contributed by atoms with Gasteiger partial charge in [-0.1, -0.05) is 20.3 Å². The molecule has 2 saturated heterocycles. The maximum Gasteiger partial charge on any atom is 0.00132 e. The molecule has 0 aromatic heterocycles. The molecule has 0 aromatic rings. The SMILES string of the molecule is CCC1CCN(C[C@@H]2CCN(C)C[C@@H]2C)CC1. The first-order valence-corrected chi connectivity index (χ1v) is 7.60. The van der Waals surface area contributed by atoms with Gasteiger partial charge >= 0.3 is 0 Å². The standard InChI is InChI=1S/C15H30N2/c1-4-14-5-9-17(10-6-14)12-15-7-8-16(3)11-13(15)2/h13-15H,4-12H2,1-3H3/t13-,15-/m0/s1. The van der Waals surface area contributed by atoms with Crippen molar-refractivity contribution >= 4 is 0 Å². The molecule has 2 atom stereocenters. The molecule has 0 bridgehead atoms. The van der Waals surface area contributed by atoms with Crippen molar-refractivity contribution in [3.63, 3.8) is 0 Å². The molecule has 2 aliphatic heterocycles. The van der Waals surface area contributed by atoms with E-state index >= 15 is 0 Å². The Morgan fingerprint density at radius 1 is 1.06 bits per heavy atom. The van der Waals surface area contributed by atoms with Crippen LogP contribution in [0.2, 0.25) is 0 Å². The minimum absolute atomic E-state index is 0.887. The number of piperidine rings is 2. The van der Waals surface area contributed by atoms with E-state index in [9.17, 15) is 0 Å². The number of hydrogen-bond donors (Lipinski definition) is 0. The second-order valence-corrected chi connectivity index (χ2v) is 6.44. The summed E-state index contributed by atoms with van der Waals surface area (Å²) in [5.41, 5.74) is 0. The summed E-state index contributed by atoms with van der Waals surface area (Å²) in [6.45, 7) is 11.5. The summed E-state index contributed by atoms with van der Waals surface area (Å²) in [6.07, 6.45) is 5.68. The molecule has 2 heterocycles. The highest BCUT2D eigenvalue weighted by molar-refractivity contribution is 4.80. The van der Waals surface area contributed by atoms with Gasteiger partial charge < -0.3 is 9.80 Å². The Labute approximate surface area is 107 Å². The van der Waals surface area contributed by atoms with Crippen LogP contribution >= 0.6 is 0 Å². The van der Waals surface area contributed by atoms with Gasteiger partial charge in [-0.3, -0.25) is 0 Å². The third-order valence-corrected chi connectivity index (χ3v) is 5.06. The summed E-state index contributed by atoms with van der Waals surface area (Å²) in [6, 6.07) is 0. The summed E-state index contributed by atoms with van der Waals surface area (Å²) < 4.78 is 0. The predicted molar refractivity (Wildman–Crippen MR) is 74.2 cm³/mol. The fourth-order valence-corrected chi connectivity index (χ4v) is 3.58. The van der Waals surface area contributed by atoms with Crippen LogP contribution in [0.15, 0.2) is 0 Å². The maximum atomic E-state index is 2.73. The lowest BCUT2D eigenvalue weighted by Crippen LogP contribution is -2.44. The third-order valence-electron chi connectivity index (χ3n) is 5.06. The van der Waals surface area contributed by atoms with Crippen molar-refractivity contribution in [2.24, 2.45) is 17.8 Å². The van der Waals surface area contributed by atoms with E-state index < -0.39 is 0 Å². The maximum absolute atomic E-state index is 2.73. The fourth-order valence-electron chi connectivity index (χ4n) is 3.58. The molecule has 2 nitrogen and oxygen atoms in total. The van der Waals surface area contributed by atoms with Crippen LogP contribution < -0.4 is 0 Å². The fraction of sp³-hybridized carbons (Fsp3) is 1.00. The van der Waals surface area contributed by atoms with Crippen molar-refractivity contribution < 1.29 is 0 Å². The summed E-state index contributed by atoms with van der Waals surface area (Å²) in [5, 5.41) is 0. The van der Waals surface area contributed by atoms with Crippen molar-refractivity contribution in [1.82, 2.24) is 9.80 Å². The van der Waals surface area contributed by atoms with Crippen LogP contribution in [0.4, 0.5) is 0 Å². The van der Waals surface area contributed by atoms with Crippen LogP contribution in [0.1, 0.15) is 39.5 Å². The molecule has 0 radical (unpaired) electrons. The molecule has 0 N–H and O–H groups in total. The van der Waals surface area contributed by atoms with E-state index in [2.05, 4.69) is 30.7 Å². The van der Waals surface area contributed by atoms with E-state index in [1.807, 2.05) is 0 Å². The van der Waals surface area contributed by atoms with Gasteiger partial charge in [-0.05, 0) is 63.7 Å². The van der Waals surface area contributed by atoms with E-state index in [0.29, 0.717) is 0 Å². The van der Waals surface area contributed by atoms with Crippen molar-refractivity contribution in [3.8, 4) is 0 Å². The average Bonchev–Trinajstić information content (AvgIpc) is 2.34. The Bertz CT molecular complexity index is 221. The largest absolute Gasteiger partial charge is 0.306 e. The zero-order valence-electron chi connectivity index (χ0n) is 12.0. The lowest BCUT2D eigenvalue weighted by molar-refractivity contribution is 0.0923. The van der Waals surface area contributed by atoms with E-state index in [4.69, 9.17) is 0 Å². The summed E-state index contributed by atoms with van der Waals surface area (Å²) in [4.78, 5) is 5.23. The smallest absolute Gasteiger partial charge is 0.00132 e. The molecule has 0 amide bonds. The first-order valence-electron chi connectivity index (χ1n) is 7.60. The van der Waals surface area contributed by atoms with Crippen molar-refractivity contribution in [2.45, 2.75) is 39.5 Å². The van der Waals surface area contributed by atoms with Crippen molar-refractivity contribution in [1.29, 1.82) is 0 Å². The highest BCUT2D eigenvalue weighted by Crippen LogP contribution is 2.26. The Balaban J connectivity index is 1.74. The Morgan fingerprint density at radius 3 is 2.35 bits per heavy atom. The van der Waals surface area contributed by atoms with Gasteiger partial charge in [-0.2, -0.15) is 0 Å². The number of rotatable bonds is 3. The third kappa shape index (κ3) is 3.69. The van der Waals surface area contributed by atoms with Crippen LogP contribution in [-0.2, 0) is 0 Å². The van der Waals surface area contributed by atoms with Gasteiger partial charge in [-0.25, -0.2) is 0 Å². The zero-order valence-corrected chi connectivity index (χ0v) is 12.0. The summed E-state index contributed by atoms with van der Waals surface area (Å²) in [7, 11) is 2.26. The molecule has 0 aliphatic carbocycles. The van der Waals surface area contributed by atoms with Gasteiger partial charge in [0.15, 0.2) is 0 Å².